The zero-order chi connectivity index (χ0) is 20.8. The van der Waals surface area contributed by atoms with Crippen molar-refractivity contribution in [2.24, 2.45) is 7.05 Å². The fourth-order valence-corrected chi connectivity index (χ4v) is 3.03. The average Bonchev–Trinajstić information content (AvgIpc) is 2.91. The molecule has 0 saturated heterocycles. The molecule has 1 aromatic carbocycles. The van der Waals surface area contributed by atoms with Crippen LogP contribution in [0.2, 0.25) is 0 Å². The van der Waals surface area contributed by atoms with Crippen molar-refractivity contribution in [3.05, 3.63) is 59.5 Å². The molecule has 0 bridgehead atoms. The molecule has 1 aromatic heterocycles. The van der Waals surface area contributed by atoms with E-state index in [2.05, 4.69) is 18.0 Å². The van der Waals surface area contributed by atoms with Gasteiger partial charge in [0.25, 0.3) is 0 Å². The number of amides is 1. The maximum atomic E-state index is 11.6. The topological polar surface area (TPSA) is 67.0 Å². The Kier molecular flexibility index (Phi) is 6.84. The minimum absolute atomic E-state index is 0.0327. The summed E-state index contributed by atoms with van der Waals surface area (Å²) in [5.41, 5.74) is 4.86. The lowest BCUT2D eigenvalue weighted by atomic mass is 10.0. The van der Waals surface area contributed by atoms with Gasteiger partial charge in [0.05, 0.1) is 17.4 Å². The molecule has 0 saturated carbocycles. The molecular weight excluding hydrogens is 350 g/mol. The first-order chi connectivity index (χ1) is 13.3. The van der Waals surface area contributed by atoms with Gasteiger partial charge in [0.1, 0.15) is 11.8 Å². The molecular formula is C23H27N3O2. The fourth-order valence-electron chi connectivity index (χ4n) is 3.03. The van der Waals surface area contributed by atoms with Crippen LogP contribution in [-0.2, 0) is 16.6 Å². The summed E-state index contributed by atoms with van der Waals surface area (Å²) in [7, 11) is 1.93. The van der Waals surface area contributed by atoms with Crippen molar-refractivity contribution < 1.29 is 9.53 Å². The van der Waals surface area contributed by atoms with Gasteiger partial charge in [-0.05, 0) is 50.1 Å². The van der Waals surface area contributed by atoms with Gasteiger partial charge in [-0.15, -0.1) is 0 Å². The van der Waals surface area contributed by atoms with Gasteiger partial charge in [0.2, 0.25) is 5.91 Å². The van der Waals surface area contributed by atoms with Crippen LogP contribution in [0.1, 0.15) is 44.0 Å². The van der Waals surface area contributed by atoms with E-state index in [9.17, 15) is 10.1 Å². The van der Waals surface area contributed by atoms with Crippen LogP contribution in [0.4, 0.5) is 5.69 Å². The number of carbonyl (C=O) groups is 1. The zero-order valence-electron chi connectivity index (χ0n) is 17.2. The summed E-state index contributed by atoms with van der Waals surface area (Å²) in [6, 6.07) is 9.84. The first kappa shape index (κ1) is 21.0. The number of allylic oxidation sites excluding steroid dienone is 1. The van der Waals surface area contributed by atoms with E-state index < -0.39 is 0 Å². The van der Waals surface area contributed by atoms with Gasteiger partial charge in [-0.25, -0.2) is 0 Å². The van der Waals surface area contributed by atoms with Crippen LogP contribution in [0, 0.1) is 18.3 Å². The van der Waals surface area contributed by atoms with Gasteiger partial charge < -0.3 is 14.6 Å². The molecule has 1 heterocycles. The second-order valence-electron chi connectivity index (χ2n) is 6.80. The van der Waals surface area contributed by atoms with Crippen LogP contribution < -0.4 is 5.32 Å². The lowest BCUT2D eigenvalue weighted by Gasteiger charge is -2.12. The van der Waals surface area contributed by atoms with Crippen molar-refractivity contribution in [1.82, 2.24) is 4.57 Å². The largest absolute Gasteiger partial charge is 0.491 e. The number of benzene rings is 1. The Balaban J connectivity index is 2.51. The van der Waals surface area contributed by atoms with Gasteiger partial charge >= 0.3 is 0 Å². The molecule has 28 heavy (non-hydrogen) atoms. The lowest BCUT2D eigenvalue weighted by Crippen LogP contribution is -2.09. The molecule has 2 rings (SSSR count). The fraction of sp³-hybridized carbons (Fsp3) is 0.304. The molecule has 0 aliphatic rings. The van der Waals surface area contributed by atoms with Crippen LogP contribution in [0.3, 0.4) is 0 Å². The number of hydrogen-bond donors (Lipinski definition) is 1. The summed E-state index contributed by atoms with van der Waals surface area (Å²) in [6.07, 6.45) is 4.04. The average molecular weight is 377 g/mol. The molecule has 0 fully saturated rings. The van der Waals surface area contributed by atoms with E-state index in [0.717, 1.165) is 28.2 Å². The van der Waals surface area contributed by atoms with Crippen LogP contribution in [-0.4, -0.2) is 16.6 Å². The van der Waals surface area contributed by atoms with Crippen LogP contribution in [0.25, 0.3) is 17.3 Å². The molecule has 146 valence electrons. The quantitative estimate of drug-likeness (QED) is 0.534. The lowest BCUT2D eigenvalue weighted by molar-refractivity contribution is -0.115. The molecule has 0 spiro atoms. The third-order valence-corrected chi connectivity index (χ3v) is 4.42. The zero-order valence-corrected chi connectivity index (χ0v) is 17.2. The highest BCUT2D eigenvalue weighted by Gasteiger charge is 2.19. The van der Waals surface area contributed by atoms with Crippen LogP contribution in [0.15, 0.2) is 42.7 Å². The van der Waals surface area contributed by atoms with E-state index in [-0.39, 0.29) is 12.0 Å². The highest BCUT2D eigenvalue weighted by atomic mass is 16.5. The highest BCUT2D eigenvalue weighted by molar-refractivity contribution is 5.90. The van der Waals surface area contributed by atoms with Crippen LogP contribution >= 0.6 is 0 Å². The summed E-state index contributed by atoms with van der Waals surface area (Å²) < 4.78 is 7.76. The van der Waals surface area contributed by atoms with Crippen molar-refractivity contribution in [2.45, 2.75) is 40.2 Å². The van der Waals surface area contributed by atoms with E-state index in [1.54, 1.807) is 6.08 Å². The molecule has 0 aliphatic carbocycles. The standard InChI is InChI=1S/C23H27N3O2/c1-7-19(28-15(3)4)13-21-16(5)20(14-24)23(26(21)6)17-9-11-18(12-10-17)25-22(27)8-2/h7,9-13,15H,1,8H2,2-6H3,(H,25,27)/b19-13+. The minimum Gasteiger partial charge on any atom is -0.491 e. The predicted molar refractivity (Wildman–Crippen MR) is 114 cm³/mol. The molecule has 0 aliphatic heterocycles. The Hall–Kier alpha value is -3.26. The molecule has 1 amide bonds. The second kappa shape index (κ2) is 9.09. The normalized spacial score (nSPS) is 11.2. The van der Waals surface area contributed by atoms with Gasteiger partial charge in [-0.2, -0.15) is 5.26 Å². The Morgan fingerprint density at radius 1 is 1.36 bits per heavy atom. The third-order valence-electron chi connectivity index (χ3n) is 4.42. The summed E-state index contributed by atoms with van der Waals surface area (Å²) in [5.74, 6) is 0.627. The van der Waals surface area contributed by atoms with Gasteiger partial charge in [-0.3, -0.25) is 4.79 Å². The summed E-state index contributed by atoms with van der Waals surface area (Å²) in [4.78, 5) is 11.6. The molecule has 1 N–H and O–H groups in total. The number of aromatic nitrogens is 1. The van der Waals surface area contributed by atoms with E-state index in [1.165, 1.54) is 0 Å². The third kappa shape index (κ3) is 4.52. The Labute approximate surface area is 166 Å². The SMILES string of the molecule is C=C/C(=C\c1c(C)c(C#N)c(-c2ccc(NC(=O)CC)cc2)n1C)OC(C)C. The van der Waals surface area contributed by atoms with Gasteiger partial charge in [0.15, 0.2) is 0 Å². The van der Waals surface area contributed by atoms with E-state index >= 15 is 0 Å². The molecule has 0 unspecified atom stereocenters. The summed E-state index contributed by atoms with van der Waals surface area (Å²) in [5, 5.41) is 12.6. The number of ether oxygens (including phenoxy) is 1. The number of nitrogens with one attached hydrogen (secondary N) is 1. The second-order valence-corrected chi connectivity index (χ2v) is 6.80. The number of anilines is 1. The van der Waals surface area contributed by atoms with E-state index in [1.807, 2.05) is 69.7 Å². The first-order valence-corrected chi connectivity index (χ1v) is 9.32. The number of nitrogens with zero attached hydrogens (tertiary/aromatic N) is 2. The number of hydrogen-bond acceptors (Lipinski definition) is 3. The monoisotopic (exact) mass is 377 g/mol. The van der Waals surface area contributed by atoms with E-state index in [4.69, 9.17) is 4.74 Å². The van der Waals surface area contributed by atoms with E-state index in [0.29, 0.717) is 17.7 Å². The minimum atomic E-state index is -0.0327. The van der Waals surface area contributed by atoms with Gasteiger partial charge in [-0.1, -0.05) is 25.6 Å². The highest BCUT2D eigenvalue weighted by Crippen LogP contribution is 2.32. The van der Waals surface area contributed by atoms with Crippen molar-refractivity contribution >= 4 is 17.7 Å². The molecule has 0 radical (unpaired) electrons. The van der Waals surface area contributed by atoms with Gasteiger partial charge in [0, 0.05) is 30.9 Å². The van der Waals surface area contributed by atoms with Crippen molar-refractivity contribution in [3.8, 4) is 17.3 Å². The maximum absolute atomic E-state index is 11.6. The Morgan fingerprint density at radius 3 is 2.50 bits per heavy atom. The molecule has 5 heteroatoms. The molecule has 0 atom stereocenters. The summed E-state index contributed by atoms with van der Waals surface area (Å²) >= 11 is 0. The predicted octanol–water partition coefficient (Wildman–Crippen LogP) is 5.17. The van der Waals surface area contributed by atoms with Crippen LogP contribution in [0.5, 0.6) is 0 Å². The van der Waals surface area contributed by atoms with Crippen molar-refractivity contribution in [1.29, 1.82) is 5.26 Å². The van der Waals surface area contributed by atoms with Crippen molar-refractivity contribution in [3.63, 3.8) is 0 Å². The molecule has 2 aromatic rings. The first-order valence-electron chi connectivity index (χ1n) is 9.32. The van der Waals surface area contributed by atoms with Crippen molar-refractivity contribution in [2.75, 3.05) is 5.32 Å². The molecule has 5 nitrogen and oxygen atoms in total. The Bertz CT molecular complexity index is 942. The number of nitriles is 1. The summed E-state index contributed by atoms with van der Waals surface area (Å²) in [6.45, 7) is 11.5. The smallest absolute Gasteiger partial charge is 0.224 e. The maximum Gasteiger partial charge on any atom is 0.224 e. The Morgan fingerprint density at radius 2 is 2.00 bits per heavy atom. The number of carbonyl (C=O) groups excluding carboxylic acids is 1. The number of rotatable bonds is 7.